The minimum atomic E-state index is -0.352. The third kappa shape index (κ3) is 5.99. The molecular formula is C14H19FN2O2. The maximum absolute atomic E-state index is 13.3. The average molecular weight is 266 g/mol. The Labute approximate surface area is 112 Å². The molecule has 0 spiro atoms. The molecule has 0 radical (unpaired) electrons. The summed E-state index contributed by atoms with van der Waals surface area (Å²) in [5, 5.41) is 5.23. The van der Waals surface area contributed by atoms with E-state index in [1.54, 1.807) is 18.2 Å². The van der Waals surface area contributed by atoms with Gasteiger partial charge in [-0.05, 0) is 31.9 Å². The molecule has 2 N–H and O–H groups in total. The maximum atomic E-state index is 13.3. The number of nitrogens with one attached hydrogen (secondary N) is 2. The van der Waals surface area contributed by atoms with E-state index in [4.69, 9.17) is 0 Å². The number of amides is 2. The Morgan fingerprint density at radius 2 is 1.89 bits per heavy atom. The van der Waals surface area contributed by atoms with Crippen molar-refractivity contribution in [1.29, 1.82) is 0 Å². The number of carbonyl (C=O) groups is 2. The van der Waals surface area contributed by atoms with Crippen molar-refractivity contribution < 1.29 is 14.0 Å². The van der Waals surface area contributed by atoms with Crippen LogP contribution >= 0.6 is 0 Å². The van der Waals surface area contributed by atoms with Crippen molar-refractivity contribution >= 4 is 11.8 Å². The van der Waals surface area contributed by atoms with Crippen molar-refractivity contribution in [2.45, 2.75) is 32.7 Å². The predicted octanol–water partition coefficient (Wildman–Crippen LogP) is 1.40. The SMILES string of the molecule is CC(C)NC(=O)CC(=O)NCCc1ccccc1F. The van der Waals surface area contributed by atoms with E-state index in [0.717, 1.165) is 0 Å². The van der Waals surface area contributed by atoms with Crippen molar-refractivity contribution in [1.82, 2.24) is 10.6 Å². The fourth-order valence-corrected chi connectivity index (χ4v) is 1.62. The highest BCUT2D eigenvalue weighted by molar-refractivity contribution is 5.96. The Morgan fingerprint density at radius 3 is 2.53 bits per heavy atom. The molecule has 0 atom stereocenters. The summed E-state index contributed by atoms with van der Waals surface area (Å²) < 4.78 is 13.3. The Kier molecular flexibility index (Phi) is 5.99. The summed E-state index contributed by atoms with van der Waals surface area (Å²) in [7, 11) is 0. The normalized spacial score (nSPS) is 10.3. The third-order valence-electron chi connectivity index (χ3n) is 2.45. The van der Waals surface area contributed by atoms with Crippen LogP contribution in [0.4, 0.5) is 4.39 Å². The van der Waals surface area contributed by atoms with E-state index in [-0.39, 0.29) is 30.1 Å². The van der Waals surface area contributed by atoms with Crippen LogP contribution in [0.1, 0.15) is 25.8 Å². The molecule has 5 heteroatoms. The van der Waals surface area contributed by atoms with E-state index in [9.17, 15) is 14.0 Å². The van der Waals surface area contributed by atoms with E-state index in [0.29, 0.717) is 18.5 Å². The van der Waals surface area contributed by atoms with Gasteiger partial charge in [0.15, 0.2) is 0 Å². The van der Waals surface area contributed by atoms with Gasteiger partial charge in [0.05, 0.1) is 0 Å². The largest absolute Gasteiger partial charge is 0.355 e. The number of benzene rings is 1. The number of halogens is 1. The number of hydrogen-bond acceptors (Lipinski definition) is 2. The van der Waals surface area contributed by atoms with Crippen molar-refractivity contribution in [3.63, 3.8) is 0 Å². The zero-order valence-corrected chi connectivity index (χ0v) is 11.2. The van der Waals surface area contributed by atoms with Gasteiger partial charge < -0.3 is 10.6 Å². The third-order valence-corrected chi connectivity index (χ3v) is 2.45. The second kappa shape index (κ2) is 7.51. The molecule has 1 aromatic rings. The average Bonchev–Trinajstić information content (AvgIpc) is 2.30. The van der Waals surface area contributed by atoms with Gasteiger partial charge in [0.25, 0.3) is 0 Å². The van der Waals surface area contributed by atoms with Crippen molar-refractivity contribution in [2.75, 3.05) is 6.54 Å². The topological polar surface area (TPSA) is 58.2 Å². The number of rotatable bonds is 6. The van der Waals surface area contributed by atoms with Crippen LogP contribution in [0.5, 0.6) is 0 Å². The first-order chi connectivity index (χ1) is 8.99. The van der Waals surface area contributed by atoms with Crippen LogP contribution in [0.25, 0.3) is 0 Å². The fraction of sp³-hybridized carbons (Fsp3) is 0.429. The molecule has 0 saturated carbocycles. The number of carbonyl (C=O) groups excluding carboxylic acids is 2. The van der Waals surface area contributed by atoms with E-state index >= 15 is 0 Å². The quantitative estimate of drug-likeness (QED) is 0.765. The molecule has 0 aliphatic carbocycles. The first kappa shape index (κ1) is 15.1. The summed E-state index contributed by atoms with van der Waals surface area (Å²) in [6.07, 6.45) is 0.208. The van der Waals surface area contributed by atoms with Gasteiger partial charge in [-0.2, -0.15) is 0 Å². The highest BCUT2D eigenvalue weighted by Crippen LogP contribution is 2.06. The summed E-state index contributed by atoms with van der Waals surface area (Å²) in [5.41, 5.74) is 0.550. The van der Waals surface area contributed by atoms with Crippen LogP contribution in [-0.2, 0) is 16.0 Å². The maximum Gasteiger partial charge on any atom is 0.229 e. The summed E-state index contributed by atoms with van der Waals surface area (Å²) >= 11 is 0. The predicted molar refractivity (Wildman–Crippen MR) is 71.0 cm³/mol. The lowest BCUT2D eigenvalue weighted by Crippen LogP contribution is -2.35. The van der Waals surface area contributed by atoms with Crippen LogP contribution < -0.4 is 10.6 Å². The second-order valence-corrected chi connectivity index (χ2v) is 4.59. The lowest BCUT2D eigenvalue weighted by Gasteiger charge is -2.09. The Morgan fingerprint density at radius 1 is 1.21 bits per heavy atom. The lowest BCUT2D eigenvalue weighted by atomic mass is 10.1. The zero-order chi connectivity index (χ0) is 14.3. The summed E-state index contributed by atoms with van der Waals surface area (Å²) in [6, 6.07) is 6.43. The molecule has 0 bridgehead atoms. The van der Waals surface area contributed by atoms with Crippen LogP contribution in [0, 0.1) is 5.82 Å². The van der Waals surface area contributed by atoms with Gasteiger partial charge >= 0.3 is 0 Å². The molecule has 1 aromatic carbocycles. The van der Waals surface area contributed by atoms with Gasteiger partial charge in [0.2, 0.25) is 11.8 Å². The zero-order valence-electron chi connectivity index (χ0n) is 11.2. The Balaban J connectivity index is 2.28. The van der Waals surface area contributed by atoms with Gasteiger partial charge in [0, 0.05) is 12.6 Å². The van der Waals surface area contributed by atoms with Crippen LogP contribution in [0.3, 0.4) is 0 Å². The molecule has 0 aliphatic rings. The van der Waals surface area contributed by atoms with Crippen molar-refractivity contribution in [3.05, 3.63) is 35.6 Å². The monoisotopic (exact) mass is 266 g/mol. The van der Waals surface area contributed by atoms with Crippen molar-refractivity contribution in [2.24, 2.45) is 0 Å². The molecule has 0 aromatic heterocycles. The molecule has 4 nitrogen and oxygen atoms in total. The van der Waals surface area contributed by atoms with Crippen LogP contribution in [0.2, 0.25) is 0 Å². The van der Waals surface area contributed by atoms with Crippen LogP contribution in [0.15, 0.2) is 24.3 Å². The highest BCUT2D eigenvalue weighted by Gasteiger charge is 2.09. The van der Waals surface area contributed by atoms with E-state index < -0.39 is 0 Å². The molecule has 104 valence electrons. The second-order valence-electron chi connectivity index (χ2n) is 4.59. The van der Waals surface area contributed by atoms with Crippen molar-refractivity contribution in [3.8, 4) is 0 Å². The Bertz CT molecular complexity index is 447. The molecular weight excluding hydrogens is 247 g/mol. The standard InChI is InChI=1S/C14H19FN2O2/c1-10(2)17-14(19)9-13(18)16-8-7-11-5-3-4-6-12(11)15/h3-6,10H,7-9H2,1-2H3,(H,16,18)(H,17,19). The fourth-order valence-electron chi connectivity index (χ4n) is 1.62. The highest BCUT2D eigenvalue weighted by atomic mass is 19.1. The van der Waals surface area contributed by atoms with Gasteiger partial charge in [-0.1, -0.05) is 18.2 Å². The van der Waals surface area contributed by atoms with Gasteiger partial charge in [-0.3, -0.25) is 9.59 Å². The molecule has 0 unspecified atom stereocenters. The minimum Gasteiger partial charge on any atom is -0.355 e. The van der Waals surface area contributed by atoms with Gasteiger partial charge in [-0.15, -0.1) is 0 Å². The van der Waals surface area contributed by atoms with E-state index in [2.05, 4.69) is 10.6 Å². The lowest BCUT2D eigenvalue weighted by molar-refractivity contribution is -0.129. The molecule has 19 heavy (non-hydrogen) atoms. The molecule has 0 saturated heterocycles. The van der Waals surface area contributed by atoms with Gasteiger partial charge in [-0.25, -0.2) is 4.39 Å². The molecule has 0 heterocycles. The van der Waals surface area contributed by atoms with E-state index in [1.807, 2.05) is 13.8 Å². The summed E-state index contributed by atoms with van der Waals surface area (Å²) in [4.78, 5) is 22.8. The molecule has 2 amide bonds. The first-order valence-electron chi connectivity index (χ1n) is 6.28. The van der Waals surface area contributed by atoms with Crippen LogP contribution in [-0.4, -0.2) is 24.4 Å². The van der Waals surface area contributed by atoms with E-state index in [1.165, 1.54) is 6.07 Å². The van der Waals surface area contributed by atoms with Gasteiger partial charge in [0.1, 0.15) is 12.2 Å². The molecule has 1 rings (SSSR count). The minimum absolute atomic E-state index is 0.0127. The summed E-state index contributed by atoms with van der Waals surface area (Å²) in [6.45, 7) is 3.97. The first-order valence-corrected chi connectivity index (χ1v) is 6.28. The number of hydrogen-bond donors (Lipinski definition) is 2. The molecule has 0 fully saturated rings. The smallest absolute Gasteiger partial charge is 0.229 e. The summed E-state index contributed by atoms with van der Waals surface area (Å²) in [5.74, 6) is -0.942. The molecule has 0 aliphatic heterocycles. The Hall–Kier alpha value is -1.91.